The zero-order valence-electron chi connectivity index (χ0n) is 9.56. The third-order valence-corrected chi connectivity index (χ3v) is 2.99. The molecule has 0 radical (unpaired) electrons. The van der Waals surface area contributed by atoms with Gasteiger partial charge < -0.3 is 4.74 Å². The number of rotatable bonds is 2. The lowest BCUT2D eigenvalue weighted by molar-refractivity contribution is -0.0531. The van der Waals surface area contributed by atoms with Crippen LogP contribution in [0.25, 0.3) is 0 Å². The van der Waals surface area contributed by atoms with Crippen LogP contribution < -0.4 is 0 Å². The highest BCUT2D eigenvalue weighted by Crippen LogP contribution is 2.14. The zero-order valence-corrected chi connectivity index (χ0v) is 10.3. The number of morpholine rings is 1. The Morgan fingerprint density at radius 1 is 1.44 bits per heavy atom. The summed E-state index contributed by atoms with van der Waals surface area (Å²) >= 11 is 5.70. The number of halogens is 1. The molecule has 5 heteroatoms. The quantitative estimate of drug-likeness (QED) is 0.791. The van der Waals surface area contributed by atoms with E-state index in [1.807, 2.05) is 6.07 Å². The van der Waals surface area contributed by atoms with Crippen LogP contribution in [0.5, 0.6) is 0 Å². The first-order valence-electron chi connectivity index (χ1n) is 5.49. The maximum atomic E-state index is 5.70. The highest BCUT2D eigenvalue weighted by atomic mass is 35.5. The molecule has 2 heterocycles. The molecule has 0 aliphatic carbocycles. The van der Waals surface area contributed by atoms with Gasteiger partial charge in [-0.3, -0.25) is 4.90 Å². The topological polar surface area (TPSA) is 38.2 Å². The molecule has 2 rings (SSSR count). The molecule has 1 aromatic heterocycles. The van der Waals surface area contributed by atoms with Crippen molar-refractivity contribution in [3.05, 3.63) is 23.0 Å². The molecule has 2 unspecified atom stereocenters. The molecule has 2 atom stereocenters. The molecule has 1 aromatic rings. The van der Waals surface area contributed by atoms with Crippen molar-refractivity contribution in [3.63, 3.8) is 0 Å². The van der Waals surface area contributed by atoms with E-state index in [0.29, 0.717) is 11.2 Å². The first-order chi connectivity index (χ1) is 7.65. The molecule has 1 fully saturated rings. The van der Waals surface area contributed by atoms with Crippen LogP contribution in [-0.2, 0) is 11.3 Å². The van der Waals surface area contributed by atoms with Gasteiger partial charge in [0.05, 0.1) is 18.4 Å². The fraction of sp³-hybridized carbons (Fsp3) is 0.636. The standard InChI is InChI=1S/C11H16ClN3O/c1-8-7-16-9(2)5-15(8)6-10-3-4-11(12)14-13-10/h3-4,8-9H,5-7H2,1-2H3. The van der Waals surface area contributed by atoms with Crippen molar-refractivity contribution in [2.24, 2.45) is 0 Å². The van der Waals surface area contributed by atoms with E-state index in [2.05, 4.69) is 28.9 Å². The van der Waals surface area contributed by atoms with Crippen molar-refractivity contribution in [1.82, 2.24) is 15.1 Å². The normalized spacial score (nSPS) is 26.9. The number of nitrogens with zero attached hydrogens (tertiary/aromatic N) is 3. The number of ether oxygens (including phenoxy) is 1. The Labute approximate surface area is 101 Å². The van der Waals surface area contributed by atoms with Gasteiger partial charge in [0.25, 0.3) is 0 Å². The van der Waals surface area contributed by atoms with Crippen LogP contribution in [0.4, 0.5) is 0 Å². The summed E-state index contributed by atoms with van der Waals surface area (Å²) in [5.74, 6) is 0. The summed E-state index contributed by atoms with van der Waals surface area (Å²) in [6.07, 6.45) is 0.288. The smallest absolute Gasteiger partial charge is 0.151 e. The Balaban J connectivity index is 2.00. The van der Waals surface area contributed by atoms with Crippen LogP contribution in [0.2, 0.25) is 5.15 Å². The minimum Gasteiger partial charge on any atom is -0.376 e. The van der Waals surface area contributed by atoms with E-state index in [1.165, 1.54) is 0 Å². The lowest BCUT2D eigenvalue weighted by atomic mass is 10.2. The third kappa shape index (κ3) is 2.90. The highest BCUT2D eigenvalue weighted by Gasteiger charge is 2.23. The van der Waals surface area contributed by atoms with Crippen molar-refractivity contribution in [2.45, 2.75) is 32.5 Å². The van der Waals surface area contributed by atoms with E-state index < -0.39 is 0 Å². The summed E-state index contributed by atoms with van der Waals surface area (Å²) in [4.78, 5) is 2.35. The predicted octanol–water partition coefficient (Wildman–Crippen LogP) is 1.74. The Hall–Kier alpha value is -0.710. The van der Waals surface area contributed by atoms with E-state index in [9.17, 15) is 0 Å². The number of hydrogen-bond acceptors (Lipinski definition) is 4. The van der Waals surface area contributed by atoms with Crippen LogP contribution in [0.3, 0.4) is 0 Å². The molecule has 4 nitrogen and oxygen atoms in total. The van der Waals surface area contributed by atoms with Gasteiger partial charge in [-0.2, -0.15) is 5.10 Å². The van der Waals surface area contributed by atoms with Gasteiger partial charge in [0.2, 0.25) is 0 Å². The van der Waals surface area contributed by atoms with E-state index in [4.69, 9.17) is 16.3 Å². The van der Waals surface area contributed by atoms with Gasteiger partial charge in [-0.25, -0.2) is 0 Å². The molecular formula is C11H16ClN3O. The second kappa shape index (κ2) is 5.08. The molecule has 0 N–H and O–H groups in total. The van der Waals surface area contributed by atoms with E-state index in [-0.39, 0.29) is 6.10 Å². The minimum absolute atomic E-state index is 0.288. The van der Waals surface area contributed by atoms with Gasteiger partial charge in [-0.15, -0.1) is 5.10 Å². The predicted molar refractivity (Wildman–Crippen MR) is 62.3 cm³/mol. The Morgan fingerprint density at radius 2 is 2.25 bits per heavy atom. The van der Waals surface area contributed by atoms with E-state index in [1.54, 1.807) is 6.07 Å². The zero-order chi connectivity index (χ0) is 11.5. The molecule has 0 spiro atoms. The fourth-order valence-electron chi connectivity index (χ4n) is 1.83. The first-order valence-corrected chi connectivity index (χ1v) is 5.86. The summed E-state index contributed by atoms with van der Waals surface area (Å²) in [5, 5.41) is 8.35. The minimum atomic E-state index is 0.288. The van der Waals surface area contributed by atoms with Gasteiger partial charge in [0.1, 0.15) is 0 Å². The molecule has 0 bridgehead atoms. The summed E-state index contributed by atoms with van der Waals surface area (Å²) in [7, 11) is 0. The summed E-state index contributed by atoms with van der Waals surface area (Å²) in [6, 6.07) is 4.12. The van der Waals surface area contributed by atoms with E-state index in [0.717, 1.165) is 25.4 Å². The lowest BCUT2D eigenvalue weighted by Crippen LogP contribution is -2.46. The van der Waals surface area contributed by atoms with Crippen LogP contribution in [0.1, 0.15) is 19.5 Å². The largest absolute Gasteiger partial charge is 0.376 e. The molecule has 0 amide bonds. The third-order valence-electron chi connectivity index (χ3n) is 2.79. The van der Waals surface area contributed by atoms with Crippen molar-refractivity contribution in [1.29, 1.82) is 0 Å². The maximum absolute atomic E-state index is 5.70. The van der Waals surface area contributed by atoms with Crippen molar-refractivity contribution < 1.29 is 4.74 Å². The maximum Gasteiger partial charge on any atom is 0.151 e. The second-order valence-corrected chi connectivity index (χ2v) is 4.66. The van der Waals surface area contributed by atoms with Crippen LogP contribution in [0.15, 0.2) is 12.1 Å². The van der Waals surface area contributed by atoms with Crippen LogP contribution >= 0.6 is 11.6 Å². The summed E-state index contributed by atoms with van der Waals surface area (Å²) in [5.41, 5.74) is 0.949. The average Bonchev–Trinajstić information content (AvgIpc) is 2.27. The molecule has 1 aliphatic heterocycles. The van der Waals surface area contributed by atoms with Gasteiger partial charge in [0.15, 0.2) is 5.15 Å². The fourth-order valence-corrected chi connectivity index (χ4v) is 1.93. The summed E-state index contributed by atoms with van der Waals surface area (Å²) in [6.45, 7) is 6.77. The summed E-state index contributed by atoms with van der Waals surface area (Å²) < 4.78 is 5.58. The molecule has 16 heavy (non-hydrogen) atoms. The molecule has 88 valence electrons. The molecule has 1 saturated heterocycles. The average molecular weight is 242 g/mol. The van der Waals surface area contributed by atoms with E-state index >= 15 is 0 Å². The second-order valence-electron chi connectivity index (χ2n) is 4.27. The van der Waals surface area contributed by atoms with Crippen molar-refractivity contribution in [3.8, 4) is 0 Å². The highest BCUT2D eigenvalue weighted by molar-refractivity contribution is 6.29. The van der Waals surface area contributed by atoms with Gasteiger partial charge in [-0.1, -0.05) is 11.6 Å². The van der Waals surface area contributed by atoms with Crippen molar-refractivity contribution >= 4 is 11.6 Å². The molecule has 0 aromatic carbocycles. The van der Waals surface area contributed by atoms with Crippen LogP contribution in [0, 0.1) is 0 Å². The molecule has 1 aliphatic rings. The number of hydrogen-bond donors (Lipinski definition) is 0. The SMILES string of the molecule is CC1CN(Cc2ccc(Cl)nn2)C(C)CO1. The van der Waals surface area contributed by atoms with Crippen LogP contribution in [-0.4, -0.2) is 40.4 Å². The van der Waals surface area contributed by atoms with Gasteiger partial charge in [-0.05, 0) is 26.0 Å². The first kappa shape index (κ1) is 11.8. The van der Waals surface area contributed by atoms with Gasteiger partial charge >= 0.3 is 0 Å². The van der Waals surface area contributed by atoms with Crippen molar-refractivity contribution in [2.75, 3.05) is 13.2 Å². The Kier molecular flexibility index (Phi) is 3.74. The lowest BCUT2D eigenvalue weighted by Gasteiger charge is -2.36. The number of aromatic nitrogens is 2. The Bertz CT molecular complexity index is 344. The van der Waals surface area contributed by atoms with Gasteiger partial charge in [0, 0.05) is 19.1 Å². The Morgan fingerprint density at radius 3 is 2.94 bits per heavy atom. The molecular weight excluding hydrogens is 226 g/mol. The monoisotopic (exact) mass is 241 g/mol. The molecule has 0 saturated carbocycles.